The number of hydrogen-bond acceptors (Lipinski definition) is 6. The second-order valence-corrected chi connectivity index (χ2v) is 21.3. The van der Waals surface area contributed by atoms with Gasteiger partial charge in [-0.25, -0.2) is 0 Å². The average Bonchev–Trinajstić information content (AvgIpc) is 3.42. The Bertz CT molecular complexity index is 1490. The van der Waals surface area contributed by atoms with Gasteiger partial charge >= 0.3 is 17.9 Å². The molecular formula is C70H120O6. The molecule has 0 aromatic heterocycles. The lowest BCUT2D eigenvalue weighted by Gasteiger charge is -2.18. The van der Waals surface area contributed by atoms with Gasteiger partial charge < -0.3 is 14.2 Å². The predicted octanol–water partition coefficient (Wildman–Crippen LogP) is 22.0. The zero-order valence-electron chi connectivity index (χ0n) is 50.0. The fourth-order valence-electron chi connectivity index (χ4n) is 8.99. The Morgan fingerprint density at radius 2 is 0.526 bits per heavy atom. The molecule has 0 rings (SSSR count). The molecule has 0 heterocycles. The average molecular weight is 1060 g/mol. The van der Waals surface area contributed by atoms with E-state index in [2.05, 4.69) is 118 Å². The molecule has 6 nitrogen and oxygen atoms in total. The van der Waals surface area contributed by atoms with Crippen LogP contribution in [0, 0.1) is 0 Å². The van der Waals surface area contributed by atoms with Crippen LogP contribution in [0.2, 0.25) is 0 Å². The van der Waals surface area contributed by atoms with Crippen LogP contribution in [0.3, 0.4) is 0 Å². The normalized spacial score (nSPS) is 12.7. The number of allylic oxidation sites excluding steroid dienone is 16. The van der Waals surface area contributed by atoms with Crippen molar-refractivity contribution in [3.05, 3.63) is 97.2 Å². The predicted molar refractivity (Wildman–Crippen MR) is 330 cm³/mol. The van der Waals surface area contributed by atoms with E-state index in [1.165, 1.54) is 148 Å². The van der Waals surface area contributed by atoms with E-state index < -0.39 is 6.10 Å². The van der Waals surface area contributed by atoms with E-state index in [0.717, 1.165) is 122 Å². The van der Waals surface area contributed by atoms with Gasteiger partial charge in [0.2, 0.25) is 0 Å². The van der Waals surface area contributed by atoms with Crippen LogP contribution in [0.5, 0.6) is 0 Å². The van der Waals surface area contributed by atoms with Crippen LogP contribution < -0.4 is 0 Å². The first-order chi connectivity index (χ1) is 37.5. The Morgan fingerprint density at radius 1 is 0.276 bits per heavy atom. The molecule has 0 N–H and O–H groups in total. The van der Waals surface area contributed by atoms with Crippen molar-refractivity contribution >= 4 is 17.9 Å². The highest BCUT2D eigenvalue weighted by molar-refractivity contribution is 5.71. The van der Waals surface area contributed by atoms with Gasteiger partial charge in [-0.15, -0.1) is 0 Å². The summed E-state index contributed by atoms with van der Waals surface area (Å²) < 4.78 is 16.8. The molecule has 0 aliphatic rings. The lowest BCUT2D eigenvalue weighted by Crippen LogP contribution is -2.30. The molecule has 0 fully saturated rings. The molecule has 0 amide bonds. The Morgan fingerprint density at radius 3 is 0.842 bits per heavy atom. The summed E-state index contributed by atoms with van der Waals surface area (Å²) in [6.45, 7) is 6.47. The number of rotatable bonds is 58. The second kappa shape index (κ2) is 63.9. The molecule has 0 aliphatic carbocycles. The van der Waals surface area contributed by atoms with Crippen LogP contribution in [-0.2, 0) is 28.6 Å². The standard InChI is InChI=1S/C70H120O6/c1-4-7-10-13-16-19-21-23-25-26-27-28-29-30-31-32-33-34-35-36-37-38-39-40-41-42-43-44-45-47-48-51-54-57-60-63-69(72)75-66-67(65-74-68(71)62-59-56-53-50-18-15-12-9-6-3)76-70(73)64-61-58-55-52-49-46-24-22-20-17-14-11-8-5-2/h7,10,14,16-17,19,22-25,27-28,30-31,33-34,67H,4-6,8-9,11-13,15,18,20-21,26,29,32,35-66H2,1-3H3/b10-7-,17-14-,19-16-,24-22-,25-23-,28-27-,31-30-,34-33-. The van der Waals surface area contributed by atoms with Crippen molar-refractivity contribution < 1.29 is 28.6 Å². The van der Waals surface area contributed by atoms with Gasteiger partial charge in [-0.2, -0.15) is 0 Å². The SMILES string of the molecule is CC/C=C\C/C=C\C/C=C\C/C=C\C/C=C\C/C=C\CCCCCCCCCCCCCCCCCCC(=O)OCC(COC(=O)CCCCCCCCCCC)OC(=O)CCCCCCC/C=C\C/C=C\CCCC. The quantitative estimate of drug-likeness (QED) is 0.0261. The highest BCUT2D eigenvalue weighted by atomic mass is 16.6. The fourth-order valence-corrected chi connectivity index (χ4v) is 8.99. The van der Waals surface area contributed by atoms with Crippen LogP contribution in [0.15, 0.2) is 97.2 Å². The van der Waals surface area contributed by atoms with Crippen LogP contribution in [0.4, 0.5) is 0 Å². The Balaban J connectivity index is 4.05. The molecule has 0 saturated heterocycles. The maximum atomic E-state index is 12.8. The molecule has 6 heteroatoms. The number of carbonyl (C=O) groups excluding carboxylic acids is 3. The first-order valence-corrected chi connectivity index (χ1v) is 32.2. The van der Waals surface area contributed by atoms with Crippen LogP contribution in [-0.4, -0.2) is 37.2 Å². The molecule has 1 atom stereocenters. The Labute approximate surface area is 470 Å². The Kier molecular flexibility index (Phi) is 60.8. The van der Waals surface area contributed by atoms with Gasteiger partial charge in [-0.1, -0.05) is 291 Å². The number of carbonyl (C=O) groups is 3. The third kappa shape index (κ3) is 61.2. The van der Waals surface area contributed by atoms with E-state index in [-0.39, 0.29) is 31.1 Å². The first-order valence-electron chi connectivity index (χ1n) is 32.2. The molecule has 0 bridgehead atoms. The van der Waals surface area contributed by atoms with Crippen molar-refractivity contribution in [1.29, 1.82) is 0 Å². The third-order valence-corrected chi connectivity index (χ3v) is 13.8. The number of esters is 3. The summed E-state index contributed by atoms with van der Waals surface area (Å²) in [7, 11) is 0. The van der Waals surface area contributed by atoms with Gasteiger partial charge in [-0.05, 0) is 96.3 Å². The maximum Gasteiger partial charge on any atom is 0.306 e. The van der Waals surface area contributed by atoms with Gasteiger partial charge in [0.25, 0.3) is 0 Å². The highest BCUT2D eigenvalue weighted by Gasteiger charge is 2.19. The topological polar surface area (TPSA) is 78.9 Å². The van der Waals surface area contributed by atoms with Crippen LogP contribution in [0.25, 0.3) is 0 Å². The van der Waals surface area contributed by atoms with Gasteiger partial charge in [0.05, 0.1) is 0 Å². The number of unbranched alkanes of at least 4 members (excludes halogenated alkanes) is 31. The lowest BCUT2D eigenvalue weighted by molar-refractivity contribution is -0.167. The summed E-state index contributed by atoms with van der Waals surface area (Å²) >= 11 is 0. The molecular weight excluding hydrogens is 937 g/mol. The van der Waals surface area contributed by atoms with Gasteiger partial charge in [0.1, 0.15) is 13.2 Å². The van der Waals surface area contributed by atoms with Crippen molar-refractivity contribution in [3.63, 3.8) is 0 Å². The third-order valence-electron chi connectivity index (χ3n) is 13.8. The fraction of sp³-hybridized carbons (Fsp3) is 0.729. The first kappa shape index (κ1) is 72.3. The minimum Gasteiger partial charge on any atom is -0.462 e. The molecule has 0 aliphatic heterocycles. The van der Waals surface area contributed by atoms with Crippen LogP contribution >= 0.6 is 0 Å². The summed E-state index contributed by atoms with van der Waals surface area (Å²) in [5.74, 6) is -0.886. The monoisotopic (exact) mass is 1060 g/mol. The molecule has 436 valence electrons. The van der Waals surface area contributed by atoms with Crippen molar-refractivity contribution in [2.24, 2.45) is 0 Å². The van der Waals surface area contributed by atoms with E-state index in [0.29, 0.717) is 19.3 Å². The van der Waals surface area contributed by atoms with Gasteiger partial charge in [-0.3, -0.25) is 14.4 Å². The summed E-state index contributed by atoms with van der Waals surface area (Å²) in [6.07, 6.45) is 85.8. The number of ether oxygens (including phenoxy) is 3. The summed E-state index contributed by atoms with van der Waals surface area (Å²) in [5.41, 5.74) is 0. The van der Waals surface area contributed by atoms with E-state index in [1.807, 2.05) is 0 Å². The molecule has 0 aromatic carbocycles. The highest BCUT2D eigenvalue weighted by Crippen LogP contribution is 2.16. The summed E-state index contributed by atoms with van der Waals surface area (Å²) in [6, 6.07) is 0. The van der Waals surface area contributed by atoms with Gasteiger partial charge in [0.15, 0.2) is 6.10 Å². The molecule has 1 unspecified atom stereocenters. The van der Waals surface area contributed by atoms with E-state index in [9.17, 15) is 14.4 Å². The minimum atomic E-state index is -0.780. The molecule has 0 radical (unpaired) electrons. The van der Waals surface area contributed by atoms with Crippen molar-refractivity contribution in [2.45, 2.75) is 316 Å². The van der Waals surface area contributed by atoms with Crippen LogP contribution in [0.1, 0.15) is 310 Å². The molecule has 0 aromatic rings. The van der Waals surface area contributed by atoms with Crippen molar-refractivity contribution in [3.8, 4) is 0 Å². The minimum absolute atomic E-state index is 0.0787. The largest absolute Gasteiger partial charge is 0.462 e. The molecule has 0 spiro atoms. The molecule has 0 saturated carbocycles. The lowest BCUT2D eigenvalue weighted by atomic mass is 10.0. The zero-order chi connectivity index (χ0) is 55.0. The van der Waals surface area contributed by atoms with Gasteiger partial charge in [0, 0.05) is 19.3 Å². The van der Waals surface area contributed by atoms with Crippen molar-refractivity contribution in [1.82, 2.24) is 0 Å². The number of hydrogen-bond donors (Lipinski definition) is 0. The van der Waals surface area contributed by atoms with Crippen molar-refractivity contribution in [2.75, 3.05) is 13.2 Å². The summed E-state index contributed by atoms with van der Waals surface area (Å²) in [4.78, 5) is 38.1. The van der Waals surface area contributed by atoms with E-state index >= 15 is 0 Å². The smallest absolute Gasteiger partial charge is 0.306 e. The summed E-state index contributed by atoms with van der Waals surface area (Å²) in [5, 5.41) is 0. The molecule has 76 heavy (non-hydrogen) atoms. The Hall–Kier alpha value is -3.67. The second-order valence-electron chi connectivity index (χ2n) is 21.3. The maximum absolute atomic E-state index is 12.8. The van der Waals surface area contributed by atoms with E-state index in [4.69, 9.17) is 14.2 Å². The van der Waals surface area contributed by atoms with E-state index in [1.54, 1.807) is 0 Å². The zero-order valence-corrected chi connectivity index (χ0v) is 50.0.